The van der Waals surface area contributed by atoms with E-state index in [1.807, 2.05) is 18.2 Å². The van der Waals surface area contributed by atoms with Crippen LogP contribution < -0.4 is 11.1 Å². The van der Waals surface area contributed by atoms with Crippen molar-refractivity contribution < 1.29 is 4.79 Å². The number of nitrogens with zero attached hydrogens (tertiary/aromatic N) is 1. The highest BCUT2D eigenvalue weighted by atomic mass is 16.1. The van der Waals surface area contributed by atoms with Gasteiger partial charge in [0.2, 0.25) is 0 Å². The quantitative estimate of drug-likeness (QED) is 0.884. The fraction of sp³-hybridized carbons (Fsp3) is 0.294. The molecule has 0 bridgehead atoms. The first-order chi connectivity index (χ1) is 10.3. The summed E-state index contributed by atoms with van der Waals surface area (Å²) in [5, 5.41) is 3.16. The molecule has 1 aromatic heterocycles. The van der Waals surface area contributed by atoms with Crippen LogP contribution in [-0.2, 0) is 6.54 Å². The van der Waals surface area contributed by atoms with Gasteiger partial charge in [0, 0.05) is 18.3 Å². The van der Waals surface area contributed by atoms with Gasteiger partial charge in [0.1, 0.15) is 0 Å². The van der Waals surface area contributed by atoms with Crippen molar-refractivity contribution in [2.45, 2.75) is 25.4 Å². The van der Waals surface area contributed by atoms with Crippen molar-refractivity contribution in [1.82, 2.24) is 10.3 Å². The lowest BCUT2D eigenvalue weighted by molar-refractivity contribution is 0.0931. The van der Waals surface area contributed by atoms with Crippen LogP contribution in [-0.4, -0.2) is 10.9 Å². The average Bonchev–Trinajstić information content (AvgIpc) is 3.38. The number of rotatable bonds is 5. The topological polar surface area (TPSA) is 68.0 Å². The van der Waals surface area contributed by atoms with Crippen LogP contribution in [0.3, 0.4) is 0 Å². The van der Waals surface area contributed by atoms with Gasteiger partial charge in [-0.25, -0.2) is 0 Å². The molecule has 4 nitrogen and oxygen atoms in total. The second-order valence-corrected chi connectivity index (χ2v) is 5.44. The molecule has 4 heteroatoms. The van der Waals surface area contributed by atoms with E-state index in [2.05, 4.69) is 22.4 Å². The third-order valence-electron chi connectivity index (χ3n) is 3.83. The summed E-state index contributed by atoms with van der Waals surface area (Å²) >= 11 is 0. The van der Waals surface area contributed by atoms with Crippen molar-refractivity contribution in [2.75, 3.05) is 0 Å². The lowest BCUT2D eigenvalue weighted by Crippen LogP contribution is -2.30. The normalized spacial score (nSPS) is 15.5. The van der Waals surface area contributed by atoms with Crippen LogP contribution in [0.1, 0.15) is 40.5 Å². The molecule has 0 aliphatic heterocycles. The second kappa shape index (κ2) is 6.06. The molecule has 21 heavy (non-hydrogen) atoms. The van der Waals surface area contributed by atoms with Gasteiger partial charge in [-0.05, 0) is 36.5 Å². The van der Waals surface area contributed by atoms with Crippen LogP contribution in [0.15, 0.2) is 48.7 Å². The zero-order chi connectivity index (χ0) is 14.7. The number of nitrogens with two attached hydrogens (primary N) is 1. The summed E-state index contributed by atoms with van der Waals surface area (Å²) in [7, 11) is 0. The van der Waals surface area contributed by atoms with Crippen LogP contribution in [0.25, 0.3) is 0 Å². The molecular weight excluding hydrogens is 262 g/mol. The largest absolute Gasteiger partial charge is 0.345 e. The molecule has 0 saturated heterocycles. The van der Waals surface area contributed by atoms with E-state index >= 15 is 0 Å². The Morgan fingerprint density at radius 1 is 1.29 bits per heavy atom. The van der Waals surface area contributed by atoms with Gasteiger partial charge in [-0.3, -0.25) is 9.78 Å². The third-order valence-corrected chi connectivity index (χ3v) is 3.83. The highest BCUT2D eigenvalue weighted by Crippen LogP contribution is 2.41. The SMILES string of the molecule is NCc1cc(C(=O)NC(c2ccccc2)C2CC2)ccn1. The van der Waals surface area contributed by atoms with Gasteiger partial charge in [0.25, 0.3) is 5.91 Å². The highest BCUT2D eigenvalue weighted by molar-refractivity contribution is 5.94. The van der Waals surface area contributed by atoms with Crippen molar-refractivity contribution in [2.24, 2.45) is 11.7 Å². The van der Waals surface area contributed by atoms with Crippen molar-refractivity contribution in [3.8, 4) is 0 Å². The summed E-state index contributed by atoms with van der Waals surface area (Å²) in [6.45, 7) is 0.339. The highest BCUT2D eigenvalue weighted by Gasteiger charge is 2.33. The Balaban J connectivity index is 1.78. The molecular formula is C17H19N3O. The minimum atomic E-state index is -0.0622. The van der Waals surface area contributed by atoms with Gasteiger partial charge in [-0.2, -0.15) is 0 Å². The van der Waals surface area contributed by atoms with Gasteiger partial charge in [-0.1, -0.05) is 30.3 Å². The zero-order valence-corrected chi connectivity index (χ0v) is 11.8. The lowest BCUT2D eigenvalue weighted by Gasteiger charge is -2.19. The number of pyridine rings is 1. The first kappa shape index (κ1) is 13.8. The van der Waals surface area contributed by atoms with Gasteiger partial charge in [-0.15, -0.1) is 0 Å². The van der Waals surface area contributed by atoms with E-state index in [0.29, 0.717) is 18.0 Å². The van der Waals surface area contributed by atoms with Gasteiger partial charge < -0.3 is 11.1 Å². The molecule has 108 valence electrons. The van der Waals surface area contributed by atoms with E-state index in [9.17, 15) is 4.79 Å². The number of hydrogen-bond acceptors (Lipinski definition) is 3. The van der Waals surface area contributed by atoms with Gasteiger partial charge in [0.15, 0.2) is 0 Å². The number of carbonyl (C=O) groups excluding carboxylic acids is 1. The maximum absolute atomic E-state index is 12.4. The molecule has 3 rings (SSSR count). The van der Waals surface area contributed by atoms with Crippen molar-refractivity contribution in [1.29, 1.82) is 0 Å². The molecule has 1 aliphatic carbocycles. The van der Waals surface area contributed by atoms with Crippen molar-refractivity contribution >= 4 is 5.91 Å². The minimum absolute atomic E-state index is 0.0622. The first-order valence-electron chi connectivity index (χ1n) is 7.28. The first-order valence-corrected chi connectivity index (χ1v) is 7.28. The zero-order valence-electron chi connectivity index (χ0n) is 11.8. The predicted molar refractivity (Wildman–Crippen MR) is 81.5 cm³/mol. The Morgan fingerprint density at radius 2 is 2.05 bits per heavy atom. The second-order valence-electron chi connectivity index (χ2n) is 5.44. The van der Waals surface area contributed by atoms with E-state index in [4.69, 9.17) is 5.73 Å². The molecule has 1 aliphatic rings. The van der Waals surface area contributed by atoms with E-state index in [0.717, 1.165) is 5.69 Å². The minimum Gasteiger partial charge on any atom is -0.345 e. The monoisotopic (exact) mass is 281 g/mol. The smallest absolute Gasteiger partial charge is 0.251 e. The summed E-state index contributed by atoms with van der Waals surface area (Å²) < 4.78 is 0. The number of benzene rings is 1. The van der Waals surface area contributed by atoms with E-state index < -0.39 is 0 Å². The lowest BCUT2D eigenvalue weighted by atomic mass is 10.0. The number of nitrogens with one attached hydrogen (secondary N) is 1. The van der Waals surface area contributed by atoms with Crippen molar-refractivity contribution in [3.05, 3.63) is 65.5 Å². The third kappa shape index (κ3) is 3.28. The summed E-state index contributed by atoms with van der Waals surface area (Å²) in [5.74, 6) is 0.486. The molecule has 0 spiro atoms. The Hall–Kier alpha value is -2.20. The Labute approximate surface area is 124 Å². The Bertz CT molecular complexity index is 623. The maximum Gasteiger partial charge on any atom is 0.251 e. The molecule has 1 aromatic carbocycles. The van der Waals surface area contributed by atoms with Crippen LogP contribution in [0, 0.1) is 5.92 Å². The maximum atomic E-state index is 12.4. The molecule has 0 radical (unpaired) electrons. The van der Waals surface area contributed by atoms with Crippen LogP contribution >= 0.6 is 0 Å². The Kier molecular flexibility index (Phi) is 3.97. The molecule has 1 unspecified atom stereocenters. The summed E-state index contributed by atoms with van der Waals surface area (Å²) in [6, 6.07) is 13.7. The summed E-state index contributed by atoms with van der Waals surface area (Å²) in [6.07, 6.45) is 3.97. The van der Waals surface area contributed by atoms with Crippen molar-refractivity contribution in [3.63, 3.8) is 0 Å². The molecule has 1 saturated carbocycles. The van der Waals surface area contributed by atoms with Crippen LogP contribution in [0.4, 0.5) is 0 Å². The Morgan fingerprint density at radius 3 is 2.71 bits per heavy atom. The molecule has 1 amide bonds. The van der Waals surface area contributed by atoms with Crippen LogP contribution in [0.2, 0.25) is 0 Å². The summed E-state index contributed by atoms with van der Waals surface area (Å²) in [5.41, 5.74) is 8.09. The molecule has 3 N–H and O–H groups in total. The van der Waals surface area contributed by atoms with E-state index in [1.54, 1.807) is 18.3 Å². The molecule has 1 atom stereocenters. The summed E-state index contributed by atoms with van der Waals surface area (Å²) in [4.78, 5) is 16.6. The standard InChI is InChI=1S/C17H19N3O/c18-11-15-10-14(8-9-19-15)17(21)20-16(13-6-7-13)12-4-2-1-3-5-12/h1-5,8-10,13,16H,6-7,11,18H2,(H,20,21). The molecule has 1 fully saturated rings. The predicted octanol–water partition coefficient (Wildman–Crippen LogP) is 2.42. The van der Waals surface area contributed by atoms with Gasteiger partial charge in [0.05, 0.1) is 11.7 Å². The molecule has 1 heterocycles. The van der Waals surface area contributed by atoms with E-state index in [1.165, 1.54) is 18.4 Å². The molecule has 2 aromatic rings. The number of amides is 1. The van der Waals surface area contributed by atoms with Crippen LogP contribution in [0.5, 0.6) is 0 Å². The average molecular weight is 281 g/mol. The van der Waals surface area contributed by atoms with Gasteiger partial charge >= 0.3 is 0 Å². The number of carbonyl (C=O) groups is 1. The fourth-order valence-corrected chi connectivity index (χ4v) is 2.52. The van der Waals surface area contributed by atoms with E-state index in [-0.39, 0.29) is 11.9 Å². The fourth-order valence-electron chi connectivity index (χ4n) is 2.52. The number of hydrogen-bond donors (Lipinski definition) is 2. The number of aromatic nitrogens is 1.